The number of hydrogen-bond donors (Lipinski definition) is 5. The first-order chi connectivity index (χ1) is 5.41. The van der Waals surface area contributed by atoms with Crippen molar-refractivity contribution in [3.8, 4) is 0 Å². The van der Waals surface area contributed by atoms with E-state index in [0.29, 0.717) is 0 Å². The van der Waals surface area contributed by atoms with Gasteiger partial charge < -0.3 is 24.5 Å². The van der Waals surface area contributed by atoms with E-state index in [1.165, 1.54) is 0 Å². The van der Waals surface area contributed by atoms with Crippen LogP contribution in [0.5, 0.6) is 0 Å². The minimum absolute atomic E-state index is 0. The summed E-state index contributed by atoms with van der Waals surface area (Å²) in [4.78, 5) is 40.2. The van der Waals surface area contributed by atoms with Gasteiger partial charge in [-0.25, -0.2) is 13.7 Å². The van der Waals surface area contributed by atoms with Gasteiger partial charge in [0, 0.05) is 17.1 Å². The number of phosphoric acid groups is 3. The van der Waals surface area contributed by atoms with Crippen molar-refractivity contribution in [2.24, 2.45) is 0 Å². The van der Waals surface area contributed by atoms with E-state index in [2.05, 4.69) is 8.62 Å². The van der Waals surface area contributed by atoms with E-state index < -0.39 is 23.5 Å². The first kappa shape index (κ1) is 17.3. The molecule has 0 aromatic carbocycles. The average molecular weight is 321 g/mol. The summed E-state index contributed by atoms with van der Waals surface area (Å²) in [6, 6.07) is 0. The van der Waals surface area contributed by atoms with Crippen molar-refractivity contribution in [1.82, 2.24) is 0 Å². The minimum Gasteiger partial charge on any atom is -0.302 e. The van der Waals surface area contributed by atoms with Crippen molar-refractivity contribution in [3.05, 3.63) is 0 Å². The number of rotatable bonds is 4. The van der Waals surface area contributed by atoms with Crippen molar-refractivity contribution in [3.63, 3.8) is 0 Å². The second-order valence-electron chi connectivity index (χ2n) is 1.61. The maximum absolute atomic E-state index is 10.4. The molecule has 0 aliphatic heterocycles. The van der Waals surface area contributed by atoms with Crippen molar-refractivity contribution in [2.75, 3.05) is 0 Å². The molecule has 0 aliphatic rings. The maximum atomic E-state index is 10.4. The van der Waals surface area contributed by atoms with Crippen molar-refractivity contribution in [2.45, 2.75) is 0 Å². The van der Waals surface area contributed by atoms with E-state index in [9.17, 15) is 13.7 Å². The van der Waals surface area contributed by atoms with Crippen LogP contribution in [0, 0.1) is 0 Å². The summed E-state index contributed by atoms with van der Waals surface area (Å²) in [5, 5.41) is 0. The zero-order chi connectivity index (χ0) is 10.9. The van der Waals surface area contributed by atoms with Gasteiger partial charge in [-0.1, -0.05) is 0 Å². The van der Waals surface area contributed by atoms with E-state index in [1.807, 2.05) is 0 Å². The molecule has 14 heteroatoms. The Kier molecular flexibility index (Phi) is 6.58. The van der Waals surface area contributed by atoms with Gasteiger partial charge in [0.15, 0.2) is 0 Å². The molecule has 91 valence electrons. The van der Waals surface area contributed by atoms with Crippen LogP contribution in [0.15, 0.2) is 0 Å². The molecule has 0 spiro atoms. The molecule has 0 unspecified atom stereocenters. The fourth-order valence-corrected chi connectivity index (χ4v) is 2.82. The molecule has 0 heterocycles. The smallest absolute Gasteiger partial charge is 0.302 e. The van der Waals surface area contributed by atoms with Crippen LogP contribution >= 0.6 is 23.5 Å². The van der Waals surface area contributed by atoms with Gasteiger partial charge in [-0.05, 0) is 0 Å². The Morgan fingerprint density at radius 2 is 0.929 bits per heavy atom. The van der Waals surface area contributed by atoms with E-state index in [4.69, 9.17) is 24.5 Å². The molecule has 10 nitrogen and oxygen atoms in total. The van der Waals surface area contributed by atoms with Gasteiger partial charge in [0.1, 0.15) is 0 Å². The second kappa shape index (κ2) is 5.32. The molecular formula is H5CuO10P3. The SMILES string of the molecule is O=P(O)(O)OP(=O)(O)OP(=O)(O)O.[Cu]. The monoisotopic (exact) mass is 321 g/mol. The summed E-state index contributed by atoms with van der Waals surface area (Å²) in [7, 11) is -16.2. The molecule has 5 N–H and O–H groups in total. The second-order valence-corrected chi connectivity index (χ2v) is 5.82. The van der Waals surface area contributed by atoms with E-state index in [1.54, 1.807) is 0 Å². The molecule has 0 amide bonds. The molecule has 0 rings (SSSR count). The van der Waals surface area contributed by atoms with Gasteiger partial charge in [0.2, 0.25) is 0 Å². The first-order valence-corrected chi connectivity index (χ1v) is 6.83. The number of hydrogen-bond acceptors (Lipinski definition) is 5. The van der Waals surface area contributed by atoms with Crippen LogP contribution in [-0.4, -0.2) is 24.5 Å². The Bertz CT molecular complexity index is 277. The van der Waals surface area contributed by atoms with Crippen LogP contribution in [0.4, 0.5) is 0 Å². The van der Waals surface area contributed by atoms with Crippen molar-refractivity contribution < 1.29 is 63.9 Å². The maximum Gasteiger partial charge on any atom is 0.490 e. The third-order valence-corrected chi connectivity index (χ3v) is 3.77. The molecule has 0 aromatic rings. The largest absolute Gasteiger partial charge is 0.490 e. The van der Waals surface area contributed by atoms with Crippen LogP contribution in [0.3, 0.4) is 0 Å². The van der Waals surface area contributed by atoms with E-state index in [-0.39, 0.29) is 17.1 Å². The third-order valence-electron chi connectivity index (χ3n) is 0.419. The van der Waals surface area contributed by atoms with Gasteiger partial charge in [0.25, 0.3) is 0 Å². The molecule has 0 saturated heterocycles. The third kappa shape index (κ3) is 11.0. The molecule has 0 aromatic heterocycles. The van der Waals surface area contributed by atoms with Gasteiger partial charge in [-0.2, -0.15) is 8.62 Å². The summed E-state index contributed by atoms with van der Waals surface area (Å²) < 4.78 is 36.4. The van der Waals surface area contributed by atoms with Crippen LogP contribution in [-0.2, 0) is 39.4 Å². The Morgan fingerprint density at radius 3 is 1.07 bits per heavy atom. The quantitative estimate of drug-likeness (QED) is 0.329. The average Bonchev–Trinajstić information content (AvgIpc) is 1.43. The zero-order valence-corrected chi connectivity index (χ0v) is 9.55. The zero-order valence-electron chi connectivity index (χ0n) is 5.92. The van der Waals surface area contributed by atoms with Crippen LogP contribution in [0.2, 0.25) is 0 Å². The van der Waals surface area contributed by atoms with Gasteiger partial charge in [-0.15, -0.1) is 0 Å². The van der Waals surface area contributed by atoms with Gasteiger partial charge in [0.05, 0.1) is 0 Å². The summed E-state index contributed by atoms with van der Waals surface area (Å²) in [5.41, 5.74) is 0. The van der Waals surface area contributed by atoms with E-state index in [0.717, 1.165) is 0 Å². The molecule has 0 fully saturated rings. The molecule has 0 bridgehead atoms. The molecule has 0 saturated carbocycles. The predicted molar refractivity (Wildman–Crippen MR) is 36.1 cm³/mol. The molecule has 1 radical (unpaired) electrons. The van der Waals surface area contributed by atoms with Crippen molar-refractivity contribution in [1.29, 1.82) is 0 Å². The Balaban J connectivity index is 0. The summed E-state index contributed by atoms with van der Waals surface area (Å²) in [6.45, 7) is 0. The summed E-state index contributed by atoms with van der Waals surface area (Å²) in [5.74, 6) is 0. The summed E-state index contributed by atoms with van der Waals surface area (Å²) >= 11 is 0. The fraction of sp³-hybridized carbons (Fsp3) is 0. The molecular weight excluding hydrogens is 316 g/mol. The van der Waals surface area contributed by atoms with Crippen molar-refractivity contribution >= 4 is 23.5 Å². The van der Waals surface area contributed by atoms with Gasteiger partial charge in [-0.3, -0.25) is 0 Å². The van der Waals surface area contributed by atoms with Crippen LogP contribution < -0.4 is 0 Å². The fourth-order valence-electron chi connectivity index (χ4n) is 0.284. The molecule has 0 atom stereocenters. The normalized spacial score (nSPS) is 13.5. The van der Waals surface area contributed by atoms with Crippen LogP contribution in [0.25, 0.3) is 0 Å². The predicted octanol–water partition coefficient (Wildman–Crippen LogP) is -0.697. The van der Waals surface area contributed by atoms with Crippen LogP contribution in [0.1, 0.15) is 0 Å². The minimum atomic E-state index is -5.46. The standard InChI is InChI=1S/Cu.H5O10P3/c;1-11(2,3)9-13(7,8)10-12(4,5)6/h;(H,7,8)(H2,1,2,3)(H2,4,5,6). The van der Waals surface area contributed by atoms with Gasteiger partial charge >= 0.3 is 23.5 Å². The Morgan fingerprint density at radius 1 is 0.714 bits per heavy atom. The first-order valence-electron chi connectivity index (χ1n) is 2.28. The van der Waals surface area contributed by atoms with E-state index >= 15 is 0 Å². The topological polar surface area (TPSA) is 171 Å². The Labute approximate surface area is 87.8 Å². The Hall–Kier alpha value is 0.929. The summed E-state index contributed by atoms with van der Waals surface area (Å²) in [6.07, 6.45) is 0. The molecule has 0 aliphatic carbocycles. The molecule has 14 heavy (non-hydrogen) atoms.